The van der Waals surface area contributed by atoms with Crippen molar-refractivity contribution in [2.24, 2.45) is 0 Å². The molecule has 1 amide bonds. The summed E-state index contributed by atoms with van der Waals surface area (Å²) in [5.74, 6) is 0.00298. The molecule has 0 unspecified atom stereocenters. The number of carbonyl (C=O) groups excluding carboxylic acids is 1. The SMILES string of the molecule is O=C1c2c(c3cc(Br)ccc3n2CCO)CCN1c1ccccc1. The number of benzene rings is 2. The van der Waals surface area contributed by atoms with Gasteiger partial charge in [0.1, 0.15) is 5.69 Å². The van der Waals surface area contributed by atoms with E-state index in [2.05, 4.69) is 22.0 Å². The number of aliphatic hydroxyl groups is 1. The summed E-state index contributed by atoms with van der Waals surface area (Å²) in [7, 11) is 0. The molecular weight excluding hydrogens is 368 g/mol. The van der Waals surface area contributed by atoms with Crippen molar-refractivity contribution in [3.05, 3.63) is 64.3 Å². The molecule has 24 heavy (non-hydrogen) atoms. The van der Waals surface area contributed by atoms with Crippen LogP contribution in [0.25, 0.3) is 10.9 Å². The van der Waals surface area contributed by atoms with Gasteiger partial charge in [-0.2, -0.15) is 0 Å². The summed E-state index contributed by atoms with van der Waals surface area (Å²) in [5, 5.41) is 10.6. The van der Waals surface area contributed by atoms with Crippen molar-refractivity contribution in [2.75, 3.05) is 18.1 Å². The van der Waals surface area contributed by atoms with E-state index in [4.69, 9.17) is 0 Å². The lowest BCUT2D eigenvalue weighted by molar-refractivity contribution is 0.0970. The van der Waals surface area contributed by atoms with Gasteiger partial charge in [0.25, 0.3) is 5.91 Å². The van der Waals surface area contributed by atoms with Gasteiger partial charge in [-0.05, 0) is 42.3 Å². The first kappa shape index (κ1) is 15.4. The van der Waals surface area contributed by atoms with Gasteiger partial charge in [0.05, 0.1) is 6.61 Å². The van der Waals surface area contributed by atoms with Gasteiger partial charge in [0.2, 0.25) is 0 Å². The van der Waals surface area contributed by atoms with Crippen molar-refractivity contribution in [1.82, 2.24) is 4.57 Å². The molecule has 3 aromatic rings. The number of rotatable bonds is 3. The molecule has 4 rings (SSSR count). The van der Waals surface area contributed by atoms with E-state index in [-0.39, 0.29) is 12.5 Å². The Kier molecular flexibility index (Phi) is 3.90. The van der Waals surface area contributed by atoms with Crippen LogP contribution in [0.1, 0.15) is 16.1 Å². The lowest BCUT2D eigenvalue weighted by Crippen LogP contribution is -2.38. The maximum absolute atomic E-state index is 13.2. The number of aromatic nitrogens is 1. The monoisotopic (exact) mass is 384 g/mol. The first-order valence-electron chi connectivity index (χ1n) is 7.99. The van der Waals surface area contributed by atoms with Gasteiger partial charge in [-0.15, -0.1) is 0 Å². The minimum absolute atomic E-state index is 0.00298. The molecule has 0 saturated carbocycles. The zero-order chi connectivity index (χ0) is 16.7. The maximum Gasteiger partial charge on any atom is 0.275 e. The molecule has 0 fully saturated rings. The fraction of sp³-hybridized carbons (Fsp3) is 0.211. The van der Waals surface area contributed by atoms with E-state index in [1.54, 1.807) is 0 Å². The summed E-state index contributed by atoms with van der Waals surface area (Å²) in [6, 6.07) is 15.8. The van der Waals surface area contributed by atoms with Crippen LogP contribution in [-0.2, 0) is 13.0 Å². The molecule has 1 N–H and O–H groups in total. The molecule has 0 bridgehead atoms. The fourth-order valence-corrected chi connectivity index (χ4v) is 3.89. The highest BCUT2D eigenvalue weighted by molar-refractivity contribution is 9.10. The zero-order valence-corrected chi connectivity index (χ0v) is 14.7. The molecule has 2 aromatic carbocycles. The van der Waals surface area contributed by atoms with Gasteiger partial charge in [-0.3, -0.25) is 4.79 Å². The molecule has 1 aliphatic heterocycles. The average Bonchev–Trinajstić information content (AvgIpc) is 2.90. The molecule has 2 heterocycles. The summed E-state index contributed by atoms with van der Waals surface area (Å²) >= 11 is 3.52. The highest BCUT2D eigenvalue weighted by Gasteiger charge is 2.31. The lowest BCUT2D eigenvalue weighted by Gasteiger charge is -2.28. The average molecular weight is 385 g/mol. The quantitative estimate of drug-likeness (QED) is 0.749. The Balaban J connectivity index is 1.90. The Morgan fingerprint density at radius 1 is 1.12 bits per heavy atom. The second-order valence-corrected chi connectivity index (χ2v) is 6.82. The van der Waals surface area contributed by atoms with Crippen LogP contribution >= 0.6 is 15.9 Å². The van der Waals surface area contributed by atoms with Crippen molar-refractivity contribution in [2.45, 2.75) is 13.0 Å². The van der Waals surface area contributed by atoms with E-state index in [9.17, 15) is 9.90 Å². The number of carbonyl (C=O) groups is 1. The largest absolute Gasteiger partial charge is 0.395 e. The van der Waals surface area contributed by atoms with Gasteiger partial charge < -0.3 is 14.6 Å². The second-order valence-electron chi connectivity index (χ2n) is 5.91. The number of hydrogen-bond donors (Lipinski definition) is 1. The molecule has 5 heteroatoms. The predicted octanol–water partition coefficient (Wildman–Crippen LogP) is 3.60. The van der Waals surface area contributed by atoms with Gasteiger partial charge in [0.15, 0.2) is 0 Å². The Bertz CT molecular complexity index is 918. The van der Waals surface area contributed by atoms with Crippen LogP contribution in [-0.4, -0.2) is 28.7 Å². The third-order valence-electron chi connectivity index (χ3n) is 4.55. The summed E-state index contributed by atoms with van der Waals surface area (Å²) in [5.41, 5.74) is 3.69. The number of nitrogens with zero attached hydrogens (tertiary/aromatic N) is 2. The number of hydrogen-bond acceptors (Lipinski definition) is 2. The molecule has 0 saturated heterocycles. The Morgan fingerprint density at radius 3 is 2.67 bits per heavy atom. The minimum Gasteiger partial charge on any atom is -0.395 e. The van der Waals surface area contributed by atoms with Crippen LogP contribution in [0.3, 0.4) is 0 Å². The van der Waals surface area contributed by atoms with Crippen molar-refractivity contribution in [1.29, 1.82) is 0 Å². The van der Waals surface area contributed by atoms with E-state index in [1.807, 2.05) is 51.9 Å². The molecule has 1 aliphatic rings. The van der Waals surface area contributed by atoms with E-state index in [1.165, 1.54) is 0 Å². The first-order valence-corrected chi connectivity index (χ1v) is 8.78. The topological polar surface area (TPSA) is 45.5 Å². The molecule has 0 aliphatic carbocycles. The van der Waals surface area contributed by atoms with Crippen molar-refractivity contribution >= 4 is 38.4 Å². The first-order chi connectivity index (χ1) is 11.7. The number of halogens is 1. The van der Waals surface area contributed by atoms with Crippen molar-refractivity contribution < 1.29 is 9.90 Å². The summed E-state index contributed by atoms with van der Waals surface area (Å²) in [6.07, 6.45) is 0.807. The number of anilines is 1. The smallest absolute Gasteiger partial charge is 0.275 e. The molecule has 4 nitrogen and oxygen atoms in total. The van der Waals surface area contributed by atoms with Crippen LogP contribution in [0.15, 0.2) is 53.0 Å². The maximum atomic E-state index is 13.2. The molecule has 1 aromatic heterocycles. The molecule has 0 radical (unpaired) electrons. The number of para-hydroxylation sites is 1. The van der Waals surface area contributed by atoms with Crippen molar-refractivity contribution in [3.63, 3.8) is 0 Å². The Morgan fingerprint density at radius 2 is 1.92 bits per heavy atom. The normalized spacial score (nSPS) is 14.2. The number of fused-ring (bicyclic) bond motifs is 3. The Labute approximate surface area is 148 Å². The second kappa shape index (κ2) is 6.07. The van der Waals surface area contributed by atoms with E-state index in [0.29, 0.717) is 18.8 Å². The van der Waals surface area contributed by atoms with Crippen molar-refractivity contribution in [3.8, 4) is 0 Å². The molecule has 122 valence electrons. The van der Waals surface area contributed by atoms with Crippen LogP contribution < -0.4 is 4.90 Å². The lowest BCUT2D eigenvalue weighted by atomic mass is 10.0. The third-order valence-corrected chi connectivity index (χ3v) is 5.05. The van der Waals surface area contributed by atoms with E-state index < -0.39 is 0 Å². The molecular formula is C19H17BrN2O2. The Hall–Kier alpha value is -2.11. The van der Waals surface area contributed by atoms with E-state index >= 15 is 0 Å². The predicted molar refractivity (Wildman–Crippen MR) is 98.5 cm³/mol. The standard InChI is InChI=1S/C19H17BrN2O2/c20-13-6-7-17-16(12-13)15-8-9-21(14-4-2-1-3-5-14)19(24)18(15)22(17)10-11-23/h1-7,12,23H,8-11H2. The molecule has 0 spiro atoms. The van der Waals surface area contributed by atoms with Gasteiger partial charge in [0, 0.05) is 34.2 Å². The van der Waals surface area contributed by atoms with Crippen LogP contribution in [0.2, 0.25) is 0 Å². The highest BCUT2D eigenvalue weighted by atomic mass is 79.9. The minimum atomic E-state index is 0.00298. The number of amides is 1. The number of aliphatic hydroxyl groups excluding tert-OH is 1. The fourth-order valence-electron chi connectivity index (χ4n) is 3.53. The third kappa shape index (κ3) is 2.36. The highest BCUT2D eigenvalue weighted by Crippen LogP contribution is 2.34. The summed E-state index contributed by atoms with van der Waals surface area (Å²) in [4.78, 5) is 15.0. The van der Waals surface area contributed by atoms with Crippen LogP contribution in [0.5, 0.6) is 0 Å². The van der Waals surface area contributed by atoms with Crippen LogP contribution in [0.4, 0.5) is 5.69 Å². The molecule has 0 atom stereocenters. The van der Waals surface area contributed by atoms with Crippen LogP contribution in [0, 0.1) is 0 Å². The van der Waals surface area contributed by atoms with Gasteiger partial charge >= 0.3 is 0 Å². The van der Waals surface area contributed by atoms with E-state index in [0.717, 1.165) is 33.0 Å². The van der Waals surface area contributed by atoms with Gasteiger partial charge in [-0.25, -0.2) is 0 Å². The summed E-state index contributed by atoms with van der Waals surface area (Å²) in [6.45, 7) is 1.09. The summed E-state index contributed by atoms with van der Waals surface area (Å²) < 4.78 is 2.95. The van der Waals surface area contributed by atoms with Gasteiger partial charge in [-0.1, -0.05) is 34.1 Å². The zero-order valence-electron chi connectivity index (χ0n) is 13.1.